The molecular weight excluding hydrogens is 266 g/mol. The minimum atomic E-state index is -0.492. The third-order valence-corrected chi connectivity index (χ3v) is 4.20. The molecule has 4 nitrogen and oxygen atoms in total. The van der Waals surface area contributed by atoms with Crippen molar-refractivity contribution in [2.24, 2.45) is 11.1 Å². The summed E-state index contributed by atoms with van der Waals surface area (Å²) in [5, 5.41) is 0. The molecule has 0 saturated heterocycles. The van der Waals surface area contributed by atoms with Crippen LogP contribution in [0.3, 0.4) is 0 Å². The van der Waals surface area contributed by atoms with Gasteiger partial charge in [0, 0.05) is 12.8 Å². The second-order valence-electron chi connectivity index (χ2n) is 7.84. The molecule has 0 atom stereocenters. The third-order valence-electron chi connectivity index (χ3n) is 4.20. The highest BCUT2D eigenvalue weighted by Crippen LogP contribution is 2.33. The van der Waals surface area contributed by atoms with E-state index in [1.54, 1.807) is 0 Å². The molecule has 0 saturated carbocycles. The van der Waals surface area contributed by atoms with E-state index in [4.69, 9.17) is 15.2 Å². The Morgan fingerprint density at radius 3 is 2.05 bits per heavy atom. The maximum atomic E-state index is 11.7. The standard InChI is InChI=1S/C17H35NO3/c1-15(2,3)17(6,7)20-13-11-16(4,5)21-14(19)10-8-9-12-18/h8-13,18H2,1-7H3. The van der Waals surface area contributed by atoms with Crippen molar-refractivity contribution in [3.8, 4) is 0 Å². The molecule has 126 valence electrons. The largest absolute Gasteiger partial charge is 0.460 e. The Bertz CT molecular complexity index is 316. The zero-order chi connectivity index (χ0) is 16.7. The van der Waals surface area contributed by atoms with Crippen LogP contribution in [0.2, 0.25) is 0 Å². The average Bonchev–Trinajstić information content (AvgIpc) is 2.26. The monoisotopic (exact) mass is 301 g/mol. The maximum absolute atomic E-state index is 11.7. The predicted molar refractivity (Wildman–Crippen MR) is 87.2 cm³/mol. The summed E-state index contributed by atoms with van der Waals surface area (Å²) in [6.45, 7) is 15.7. The van der Waals surface area contributed by atoms with Gasteiger partial charge < -0.3 is 15.2 Å². The smallest absolute Gasteiger partial charge is 0.306 e. The lowest BCUT2D eigenvalue weighted by molar-refractivity contribution is -0.161. The van der Waals surface area contributed by atoms with E-state index in [-0.39, 0.29) is 17.0 Å². The zero-order valence-corrected chi connectivity index (χ0v) is 15.0. The number of esters is 1. The Kier molecular flexibility index (Phi) is 7.90. The van der Waals surface area contributed by atoms with Crippen LogP contribution in [0.5, 0.6) is 0 Å². The highest BCUT2D eigenvalue weighted by Gasteiger charge is 2.34. The summed E-state index contributed by atoms with van der Waals surface area (Å²) in [6.07, 6.45) is 2.78. The van der Waals surface area contributed by atoms with Crippen molar-refractivity contribution in [3.63, 3.8) is 0 Å². The van der Waals surface area contributed by atoms with Gasteiger partial charge in [-0.25, -0.2) is 0 Å². The van der Waals surface area contributed by atoms with Crippen molar-refractivity contribution >= 4 is 5.97 Å². The summed E-state index contributed by atoms with van der Waals surface area (Å²) >= 11 is 0. The molecule has 21 heavy (non-hydrogen) atoms. The molecule has 0 aromatic carbocycles. The van der Waals surface area contributed by atoms with Gasteiger partial charge in [0.2, 0.25) is 0 Å². The molecule has 0 spiro atoms. The van der Waals surface area contributed by atoms with E-state index in [2.05, 4.69) is 34.6 Å². The van der Waals surface area contributed by atoms with Crippen LogP contribution in [0.25, 0.3) is 0 Å². The van der Waals surface area contributed by atoms with Crippen LogP contribution in [0.4, 0.5) is 0 Å². The quantitative estimate of drug-likeness (QED) is 0.521. The lowest BCUT2D eigenvalue weighted by Gasteiger charge is -2.39. The fourth-order valence-electron chi connectivity index (χ4n) is 1.59. The van der Waals surface area contributed by atoms with E-state index in [0.29, 0.717) is 26.0 Å². The first-order valence-electron chi connectivity index (χ1n) is 7.97. The molecule has 0 unspecified atom stereocenters. The number of carbonyl (C=O) groups excluding carboxylic acids is 1. The first-order valence-corrected chi connectivity index (χ1v) is 7.97. The van der Waals surface area contributed by atoms with Crippen LogP contribution in [0.1, 0.15) is 74.1 Å². The topological polar surface area (TPSA) is 61.5 Å². The summed E-state index contributed by atoms with van der Waals surface area (Å²) in [4.78, 5) is 11.7. The number of carbonyl (C=O) groups is 1. The molecule has 0 radical (unpaired) electrons. The van der Waals surface area contributed by atoms with E-state index in [9.17, 15) is 4.79 Å². The van der Waals surface area contributed by atoms with Crippen molar-refractivity contribution in [2.75, 3.05) is 13.2 Å². The Morgan fingerprint density at radius 2 is 1.57 bits per heavy atom. The highest BCUT2D eigenvalue weighted by atomic mass is 16.6. The van der Waals surface area contributed by atoms with Crippen LogP contribution in [0, 0.1) is 5.41 Å². The molecule has 0 bridgehead atoms. The predicted octanol–water partition coefficient (Wildman–Crippen LogP) is 3.67. The molecule has 0 aromatic rings. The van der Waals surface area contributed by atoms with Gasteiger partial charge in [0.15, 0.2) is 0 Å². The SMILES string of the molecule is CC(C)(CCOC(C)(C)C(C)(C)C)OC(=O)CCCCN. The van der Waals surface area contributed by atoms with E-state index in [1.807, 2.05) is 13.8 Å². The van der Waals surface area contributed by atoms with Crippen LogP contribution < -0.4 is 5.73 Å². The van der Waals surface area contributed by atoms with E-state index in [1.165, 1.54) is 0 Å². The van der Waals surface area contributed by atoms with Gasteiger partial charge in [-0.15, -0.1) is 0 Å². The summed E-state index contributed by atoms with van der Waals surface area (Å²) < 4.78 is 11.5. The molecule has 0 aromatic heterocycles. The lowest BCUT2D eigenvalue weighted by Crippen LogP contribution is -2.41. The number of unbranched alkanes of at least 4 members (excludes halogenated alkanes) is 1. The minimum Gasteiger partial charge on any atom is -0.460 e. The number of nitrogens with two attached hydrogens (primary N) is 1. The second-order valence-corrected chi connectivity index (χ2v) is 7.84. The molecule has 0 aliphatic carbocycles. The summed E-state index contributed by atoms with van der Waals surface area (Å²) in [7, 11) is 0. The summed E-state index contributed by atoms with van der Waals surface area (Å²) in [5.41, 5.74) is 4.77. The van der Waals surface area contributed by atoms with Gasteiger partial charge in [0.25, 0.3) is 0 Å². The van der Waals surface area contributed by atoms with Gasteiger partial charge >= 0.3 is 5.97 Å². The molecule has 0 heterocycles. The molecule has 0 rings (SSSR count). The Balaban J connectivity index is 4.16. The maximum Gasteiger partial charge on any atom is 0.306 e. The average molecular weight is 301 g/mol. The Morgan fingerprint density at radius 1 is 1.00 bits per heavy atom. The van der Waals surface area contributed by atoms with E-state index < -0.39 is 5.60 Å². The number of rotatable bonds is 9. The lowest BCUT2D eigenvalue weighted by atomic mass is 9.79. The van der Waals surface area contributed by atoms with Crippen molar-refractivity contribution in [2.45, 2.75) is 85.4 Å². The Hall–Kier alpha value is -0.610. The fraction of sp³-hybridized carbons (Fsp3) is 0.941. The third kappa shape index (κ3) is 8.42. The normalized spacial score (nSPS) is 13.3. The van der Waals surface area contributed by atoms with Crippen LogP contribution >= 0.6 is 0 Å². The van der Waals surface area contributed by atoms with Crippen LogP contribution in [-0.4, -0.2) is 30.3 Å². The molecule has 2 N–H and O–H groups in total. The van der Waals surface area contributed by atoms with Gasteiger partial charge in [-0.3, -0.25) is 4.79 Å². The van der Waals surface area contributed by atoms with E-state index in [0.717, 1.165) is 12.8 Å². The zero-order valence-electron chi connectivity index (χ0n) is 15.0. The minimum absolute atomic E-state index is 0.0655. The number of hydrogen-bond donors (Lipinski definition) is 1. The first-order chi connectivity index (χ1) is 9.41. The van der Waals surface area contributed by atoms with Gasteiger partial charge in [-0.1, -0.05) is 20.8 Å². The van der Waals surface area contributed by atoms with Crippen molar-refractivity contribution in [1.29, 1.82) is 0 Å². The Labute approximate surface area is 130 Å². The van der Waals surface area contributed by atoms with E-state index >= 15 is 0 Å². The van der Waals surface area contributed by atoms with Gasteiger partial charge in [0.05, 0.1) is 12.2 Å². The van der Waals surface area contributed by atoms with Crippen LogP contribution in [0.15, 0.2) is 0 Å². The van der Waals surface area contributed by atoms with Crippen LogP contribution in [-0.2, 0) is 14.3 Å². The highest BCUT2D eigenvalue weighted by molar-refractivity contribution is 5.69. The number of ether oxygens (including phenoxy) is 2. The summed E-state index contributed by atoms with van der Waals surface area (Å²) in [6, 6.07) is 0. The number of hydrogen-bond acceptors (Lipinski definition) is 4. The van der Waals surface area contributed by atoms with Crippen molar-refractivity contribution < 1.29 is 14.3 Å². The molecule has 0 amide bonds. The molecule has 0 aliphatic heterocycles. The molecule has 0 fully saturated rings. The van der Waals surface area contributed by atoms with Crippen molar-refractivity contribution in [3.05, 3.63) is 0 Å². The molecular formula is C17H35NO3. The molecule has 0 aliphatic rings. The first kappa shape index (κ1) is 20.4. The van der Waals surface area contributed by atoms with Gasteiger partial charge in [0.1, 0.15) is 5.60 Å². The van der Waals surface area contributed by atoms with Crippen molar-refractivity contribution in [1.82, 2.24) is 0 Å². The second kappa shape index (κ2) is 8.14. The molecule has 4 heteroatoms. The fourth-order valence-corrected chi connectivity index (χ4v) is 1.59. The van der Waals surface area contributed by atoms with Gasteiger partial charge in [-0.05, 0) is 52.5 Å². The summed E-state index contributed by atoms with van der Waals surface area (Å²) in [5.74, 6) is -0.150. The van der Waals surface area contributed by atoms with Gasteiger partial charge in [-0.2, -0.15) is 0 Å².